The highest BCUT2D eigenvalue weighted by atomic mass is 32.2. The normalized spacial score (nSPS) is 17.8. The summed E-state index contributed by atoms with van der Waals surface area (Å²) in [5, 5.41) is 22.9. The molecule has 0 radical (unpaired) electrons. The molecule has 0 bridgehead atoms. The second-order valence-electron chi connectivity index (χ2n) is 14.7. The van der Waals surface area contributed by atoms with Crippen LogP contribution in [0.4, 0.5) is 11.4 Å². The third-order valence-electron chi connectivity index (χ3n) is 9.76. The molecule has 9 nitrogen and oxygen atoms in total. The van der Waals surface area contributed by atoms with E-state index in [-0.39, 0.29) is 10.8 Å². The monoisotopic (exact) mass is 748 g/mol. The fraction of sp³-hybridized carbons (Fsp3) is 0.512. The number of nitriles is 1. The summed E-state index contributed by atoms with van der Waals surface area (Å²) in [6, 6.07) is 17.6. The van der Waals surface area contributed by atoms with Gasteiger partial charge in [0, 0.05) is 64.4 Å². The minimum Gasteiger partial charge on any atom is -0.691 e. The summed E-state index contributed by atoms with van der Waals surface area (Å²) in [7, 11) is -1.21. The third kappa shape index (κ3) is 9.82. The van der Waals surface area contributed by atoms with E-state index in [0.717, 1.165) is 55.0 Å². The Bertz CT molecular complexity index is 1650. The highest BCUT2D eigenvalue weighted by Gasteiger charge is 2.44. The van der Waals surface area contributed by atoms with Gasteiger partial charge in [0.15, 0.2) is 5.71 Å². The predicted molar refractivity (Wildman–Crippen MR) is 211 cm³/mol. The number of hydrogen-bond acceptors (Lipinski definition) is 9. The number of benzene rings is 2. The number of para-hydroxylation sites is 1. The molecule has 0 N–H and O–H groups in total. The van der Waals surface area contributed by atoms with Crippen LogP contribution < -0.4 is 10.2 Å². The van der Waals surface area contributed by atoms with Crippen molar-refractivity contribution in [2.45, 2.75) is 116 Å². The van der Waals surface area contributed by atoms with E-state index >= 15 is 0 Å². The molecule has 2 aromatic rings. The van der Waals surface area contributed by atoms with E-state index in [1.165, 1.54) is 28.2 Å². The molecule has 0 saturated carbocycles. The molecule has 2 aliphatic rings. The van der Waals surface area contributed by atoms with Crippen molar-refractivity contribution in [3.8, 4) is 6.07 Å². The van der Waals surface area contributed by atoms with Crippen LogP contribution in [-0.2, 0) is 29.2 Å². The summed E-state index contributed by atoms with van der Waals surface area (Å²) in [5.74, 6) is 0. The van der Waals surface area contributed by atoms with E-state index in [1.807, 2.05) is 6.07 Å². The van der Waals surface area contributed by atoms with Crippen LogP contribution in [-0.4, -0.2) is 53.3 Å². The molecule has 0 saturated heterocycles. The van der Waals surface area contributed by atoms with Gasteiger partial charge in [-0.25, -0.2) is 4.67 Å². The first-order valence-electron chi connectivity index (χ1n) is 18.5. The number of unbranched alkanes of at least 4 members (excludes halogenated alkanes) is 2. The van der Waals surface area contributed by atoms with Crippen LogP contribution in [0.5, 0.6) is 0 Å². The molecule has 0 fully saturated rings. The van der Waals surface area contributed by atoms with Crippen molar-refractivity contribution in [2.24, 2.45) is 0 Å². The Labute approximate surface area is 317 Å². The predicted octanol–water partition coefficient (Wildman–Crippen LogP) is 9.57. The van der Waals surface area contributed by atoms with Gasteiger partial charge < -0.3 is 19.2 Å². The summed E-state index contributed by atoms with van der Waals surface area (Å²) in [5.41, 5.74) is 7.13. The Morgan fingerprint density at radius 1 is 0.942 bits per heavy atom. The van der Waals surface area contributed by atoms with Crippen LogP contribution in [0.25, 0.3) is 0 Å². The van der Waals surface area contributed by atoms with Gasteiger partial charge in [0.05, 0.1) is 43.2 Å². The lowest BCUT2D eigenvalue weighted by molar-refractivity contribution is -0.777. The molecule has 1 unspecified atom stereocenters. The molecule has 2 heterocycles. The lowest BCUT2D eigenvalue weighted by Gasteiger charge is -2.35. The van der Waals surface area contributed by atoms with Gasteiger partial charge in [-0.05, 0) is 91.1 Å². The van der Waals surface area contributed by atoms with Crippen LogP contribution >= 0.6 is 20.6 Å². The van der Waals surface area contributed by atoms with Gasteiger partial charge >= 0.3 is 0 Å². The summed E-state index contributed by atoms with van der Waals surface area (Å²) in [6.07, 6.45) is 14.3. The van der Waals surface area contributed by atoms with Crippen molar-refractivity contribution < 1.29 is 28.3 Å². The number of rotatable bonds is 20. The maximum absolute atomic E-state index is 10.4. The van der Waals surface area contributed by atoms with Gasteiger partial charge in [-0.15, -0.1) is 0 Å². The maximum atomic E-state index is 10.4. The SMILES string of the molecule is CCN1/C(=C/C=C/C=C/C2=[N+](CCCCCOP(OCCC#N)N(C(C)C)C(C)C)c3ccccc3C2(C)C)C(C)(C)c2cc(SOO[O-])ccc21. The van der Waals surface area contributed by atoms with E-state index in [4.69, 9.17) is 14.3 Å². The Morgan fingerprint density at radius 2 is 1.67 bits per heavy atom. The van der Waals surface area contributed by atoms with Crippen molar-refractivity contribution in [1.29, 1.82) is 5.26 Å². The molecule has 0 spiro atoms. The van der Waals surface area contributed by atoms with Gasteiger partial charge in [0.25, 0.3) is 8.53 Å². The molecular weight excluding hydrogens is 692 g/mol. The minimum absolute atomic E-state index is 0.124. The summed E-state index contributed by atoms with van der Waals surface area (Å²) in [4.78, 5) is 3.16. The Morgan fingerprint density at radius 3 is 2.37 bits per heavy atom. The second kappa shape index (κ2) is 19.5. The zero-order chi connectivity index (χ0) is 37.9. The fourth-order valence-corrected chi connectivity index (χ4v) is 9.37. The van der Waals surface area contributed by atoms with Crippen LogP contribution in [0.2, 0.25) is 0 Å². The molecule has 0 aromatic heterocycles. The smallest absolute Gasteiger partial charge is 0.259 e. The largest absolute Gasteiger partial charge is 0.691 e. The number of allylic oxidation sites excluding steroid dienone is 6. The van der Waals surface area contributed by atoms with E-state index in [9.17, 15) is 5.26 Å². The molecule has 0 aliphatic carbocycles. The standard InChI is InChI=1S/C41H57N4O5PS/c1-10-43-37-25-24-33(52-50-49-46)30-35(37)41(8,9)38(43)22-13-11-14-23-39-40(6,7)34-20-15-16-21-36(34)44(39)27-17-12-18-28-47-51(48-29-19-26-42)45(31(2)3)32(4)5/h11,13-16,20-25,30-32H,10,12,17-19,27-29H2,1-9H3. The summed E-state index contributed by atoms with van der Waals surface area (Å²) < 4.78 is 21.7. The van der Waals surface area contributed by atoms with Crippen LogP contribution in [0.3, 0.4) is 0 Å². The number of likely N-dealkylation sites (N-methyl/N-ethyl adjacent to an activating group) is 1. The topological polar surface area (TPSA) is 93.3 Å². The maximum Gasteiger partial charge on any atom is 0.259 e. The molecule has 4 rings (SSSR count). The van der Waals surface area contributed by atoms with Crippen LogP contribution in [0.15, 0.2) is 83.4 Å². The van der Waals surface area contributed by atoms with Crippen molar-refractivity contribution in [3.63, 3.8) is 0 Å². The highest BCUT2D eigenvalue weighted by molar-refractivity contribution is 7.94. The first kappa shape index (κ1) is 41.9. The van der Waals surface area contributed by atoms with Gasteiger partial charge in [-0.2, -0.15) is 14.2 Å². The molecule has 1 atom stereocenters. The minimum atomic E-state index is -1.21. The van der Waals surface area contributed by atoms with Gasteiger partial charge in [-0.3, -0.25) is 5.04 Å². The number of anilines is 1. The van der Waals surface area contributed by atoms with E-state index in [2.05, 4.69) is 159 Å². The van der Waals surface area contributed by atoms with Crippen molar-refractivity contribution >= 4 is 37.7 Å². The highest BCUT2D eigenvalue weighted by Crippen LogP contribution is 2.49. The summed E-state index contributed by atoms with van der Waals surface area (Å²) in [6.45, 7) is 22.7. The van der Waals surface area contributed by atoms with Gasteiger partial charge in [-0.1, -0.05) is 50.3 Å². The molecule has 2 aromatic carbocycles. The van der Waals surface area contributed by atoms with Crippen molar-refractivity contribution in [1.82, 2.24) is 4.67 Å². The summed E-state index contributed by atoms with van der Waals surface area (Å²) >= 11 is 0.922. The zero-order valence-electron chi connectivity index (χ0n) is 32.4. The lowest BCUT2D eigenvalue weighted by Crippen LogP contribution is -2.33. The lowest BCUT2D eigenvalue weighted by atomic mass is 9.81. The van der Waals surface area contributed by atoms with Crippen molar-refractivity contribution in [2.75, 3.05) is 31.2 Å². The van der Waals surface area contributed by atoms with Crippen LogP contribution in [0.1, 0.15) is 99.1 Å². The van der Waals surface area contributed by atoms with Gasteiger partial charge in [0.1, 0.15) is 6.54 Å². The fourth-order valence-electron chi connectivity index (χ4n) is 7.34. The second-order valence-corrected chi connectivity index (χ2v) is 16.9. The van der Waals surface area contributed by atoms with Crippen LogP contribution in [0, 0.1) is 11.3 Å². The molecule has 2 aliphatic heterocycles. The third-order valence-corrected chi connectivity index (χ3v) is 12.4. The first-order valence-corrected chi connectivity index (χ1v) is 20.3. The first-order chi connectivity index (χ1) is 24.9. The number of nitrogens with zero attached hydrogens (tertiary/aromatic N) is 4. The van der Waals surface area contributed by atoms with E-state index in [1.54, 1.807) is 0 Å². The van der Waals surface area contributed by atoms with Gasteiger partial charge in [0.2, 0.25) is 5.69 Å². The zero-order valence-corrected chi connectivity index (χ0v) is 34.1. The average molecular weight is 749 g/mol. The molecule has 11 heteroatoms. The molecule has 282 valence electrons. The Balaban J connectivity index is 1.45. The Kier molecular flexibility index (Phi) is 15.7. The quantitative estimate of drug-likeness (QED) is 0.0250. The Hall–Kier alpha value is -2.84. The van der Waals surface area contributed by atoms with E-state index < -0.39 is 8.53 Å². The molecule has 0 amide bonds. The number of hydrogen-bond donors (Lipinski definition) is 0. The van der Waals surface area contributed by atoms with Crippen molar-refractivity contribution in [3.05, 3.63) is 89.7 Å². The van der Waals surface area contributed by atoms with E-state index in [0.29, 0.717) is 31.7 Å². The number of fused-ring (bicyclic) bond motifs is 2. The molecule has 52 heavy (non-hydrogen) atoms. The average Bonchev–Trinajstić information content (AvgIpc) is 3.46. The molecular formula is C41H57N4O5PS.